The molecule has 3 rings (SSSR count). The molecule has 1 amide bonds. The van der Waals surface area contributed by atoms with Crippen molar-refractivity contribution in [2.45, 2.75) is 23.2 Å². The average molecular weight is 351 g/mol. The number of nitrogens with one attached hydrogen (secondary N) is 2. The molecule has 10 heteroatoms. The molecule has 0 atom stereocenters. The highest BCUT2D eigenvalue weighted by atomic mass is 32.2. The lowest BCUT2D eigenvalue weighted by Gasteiger charge is -2.03. The zero-order valence-corrected chi connectivity index (χ0v) is 13.5. The minimum Gasteiger partial charge on any atom is -0.357 e. The first-order valence-corrected chi connectivity index (χ1v) is 8.67. The summed E-state index contributed by atoms with van der Waals surface area (Å²) < 4.78 is 0.729. The van der Waals surface area contributed by atoms with Gasteiger partial charge in [-0.05, 0) is 25.0 Å². The van der Waals surface area contributed by atoms with E-state index in [0.29, 0.717) is 11.7 Å². The first kappa shape index (κ1) is 15.7. The fourth-order valence-electron chi connectivity index (χ4n) is 1.72. The Morgan fingerprint density at radius 3 is 2.74 bits per heavy atom. The normalized spacial score (nSPS) is 13.6. The van der Waals surface area contributed by atoms with E-state index >= 15 is 0 Å². The van der Waals surface area contributed by atoms with E-state index in [-0.39, 0.29) is 17.3 Å². The van der Waals surface area contributed by atoms with Gasteiger partial charge in [0.2, 0.25) is 11.0 Å². The third-order valence-electron chi connectivity index (χ3n) is 3.00. The third kappa shape index (κ3) is 4.63. The van der Waals surface area contributed by atoms with E-state index in [0.717, 1.165) is 9.47 Å². The van der Waals surface area contributed by atoms with Gasteiger partial charge in [-0.15, -0.1) is 10.2 Å². The van der Waals surface area contributed by atoms with E-state index in [1.807, 2.05) is 0 Å². The molecule has 0 saturated heterocycles. The zero-order valence-electron chi connectivity index (χ0n) is 11.9. The van der Waals surface area contributed by atoms with Gasteiger partial charge < -0.3 is 10.6 Å². The molecule has 23 heavy (non-hydrogen) atoms. The second kappa shape index (κ2) is 6.92. The highest BCUT2D eigenvalue weighted by molar-refractivity contribution is 8.01. The molecule has 1 aromatic heterocycles. The molecule has 1 aliphatic rings. The first-order chi connectivity index (χ1) is 11.1. The Labute approximate surface area is 139 Å². The van der Waals surface area contributed by atoms with Crippen molar-refractivity contribution in [3.05, 3.63) is 34.4 Å². The van der Waals surface area contributed by atoms with Gasteiger partial charge in [0.05, 0.1) is 10.7 Å². The van der Waals surface area contributed by atoms with Gasteiger partial charge in [0.1, 0.15) is 0 Å². The van der Waals surface area contributed by atoms with E-state index in [1.165, 1.54) is 60.2 Å². The average Bonchev–Trinajstić information content (AvgIpc) is 3.22. The largest absolute Gasteiger partial charge is 0.357 e. The number of nitro benzene ring substituents is 1. The highest BCUT2D eigenvalue weighted by Gasteiger charge is 2.22. The minimum absolute atomic E-state index is 0.0121. The van der Waals surface area contributed by atoms with Crippen molar-refractivity contribution >= 4 is 45.5 Å². The number of rotatable bonds is 7. The van der Waals surface area contributed by atoms with Crippen LogP contribution in [0.25, 0.3) is 0 Å². The van der Waals surface area contributed by atoms with Crippen LogP contribution >= 0.6 is 23.1 Å². The minimum atomic E-state index is -0.482. The Morgan fingerprint density at radius 1 is 1.35 bits per heavy atom. The maximum atomic E-state index is 11.9. The fourth-order valence-corrected chi connectivity index (χ4v) is 3.35. The second-order valence-electron chi connectivity index (χ2n) is 4.93. The van der Waals surface area contributed by atoms with Crippen molar-refractivity contribution in [3.63, 3.8) is 0 Å². The summed E-state index contributed by atoms with van der Waals surface area (Å²) in [6, 6.07) is 6.23. The number of nitrogens with zero attached hydrogens (tertiary/aromatic N) is 3. The number of benzene rings is 1. The number of aromatic nitrogens is 2. The van der Waals surface area contributed by atoms with Crippen molar-refractivity contribution < 1.29 is 9.72 Å². The van der Waals surface area contributed by atoms with Crippen LogP contribution in [0.15, 0.2) is 28.6 Å². The molecule has 2 aromatic rings. The summed E-state index contributed by atoms with van der Waals surface area (Å²) in [6.45, 7) is 0. The molecule has 2 N–H and O–H groups in total. The molecule has 1 heterocycles. The molecule has 120 valence electrons. The lowest BCUT2D eigenvalue weighted by atomic mass is 10.3. The molecule has 1 fully saturated rings. The van der Waals surface area contributed by atoms with Crippen LogP contribution < -0.4 is 10.6 Å². The highest BCUT2D eigenvalue weighted by Crippen LogP contribution is 2.30. The Bertz CT molecular complexity index is 715. The number of thioether (sulfide) groups is 1. The molecule has 0 bridgehead atoms. The fraction of sp³-hybridized carbons (Fsp3) is 0.308. The molecule has 0 unspecified atom stereocenters. The Morgan fingerprint density at radius 2 is 2.09 bits per heavy atom. The molecule has 0 radical (unpaired) electrons. The lowest BCUT2D eigenvalue weighted by molar-refractivity contribution is -0.384. The number of carbonyl (C=O) groups is 1. The van der Waals surface area contributed by atoms with Crippen LogP contribution in [-0.4, -0.2) is 32.8 Å². The summed E-state index contributed by atoms with van der Waals surface area (Å²) in [6.07, 6.45) is 2.33. The van der Waals surface area contributed by atoms with E-state index < -0.39 is 4.92 Å². The quantitative estimate of drug-likeness (QED) is 0.448. The molecule has 0 spiro atoms. The summed E-state index contributed by atoms with van der Waals surface area (Å²) in [5.74, 6) is 0.00505. The van der Waals surface area contributed by atoms with Gasteiger partial charge in [0.25, 0.3) is 5.69 Å². The number of non-ortho nitro benzene ring substituents is 1. The number of carbonyl (C=O) groups excluding carboxylic acids is 1. The van der Waals surface area contributed by atoms with Crippen LogP contribution in [0.2, 0.25) is 0 Å². The summed E-state index contributed by atoms with van der Waals surface area (Å²) in [4.78, 5) is 22.0. The molecule has 0 aliphatic heterocycles. The molecule has 1 aromatic carbocycles. The van der Waals surface area contributed by atoms with Gasteiger partial charge >= 0.3 is 0 Å². The van der Waals surface area contributed by atoms with Gasteiger partial charge in [0, 0.05) is 23.9 Å². The maximum absolute atomic E-state index is 11.9. The van der Waals surface area contributed by atoms with Gasteiger partial charge in [-0.25, -0.2) is 0 Å². The standard InChI is InChI=1S/C13H13N5O3S2/c19-11(14-8-3-5-10(6-4-8)18(20)21)7-22-13-17-16-12(23-13)15-9-1-2-9/h3-6,9H,1-2,7H2,(H,14,19)(H,15,16). The van der Waals surface area contributed by atoms with Crippen molar-refractivity contribution in [2.24, 2.45) is 0 Å². The van der Waals surface area contributed by atoms with Crippen molar-refractivity contribution in [1.29, 1.82) is 0 Å². The van der Waals surface area contributed by atoms with Crippen LogP contribution in [0.1, 0.15) is 12.8 Å². The molecule has 1 aliphatic carbocycles. The number of anilines is 2. The molecular weight excluding hydrogens is 338 g/mol. The van der Waals surface area contributed by atoms with Crippen LogP contribution in [0, 0.1) is 10.1 Å². The van der Waals surface area contributed by atoms with Crippen LogP contribution in [0.3, 0.4) is 0 Å². The maximum Gasteiger partial charge on any atom is 0.269 e. The summed E-state index contributed by atoms with van der Waals surface area (Å²) in [5.41, 5.74) is 0.511. The topological polar surface area (TPSA) is 110 Å². The smallest absolute Gasteiger partial charge is 0.269 e. The number of nitro groups is 1. The predicted molar refractivity (Wildman–Crippen MR) is 89.0 cm³/mol. The van der Waals surface area contributed by atoms with Gasteiger partial charge in [-0.2, -0.15) is 0 Å². The first-order valence-electron chi connectivity index (χ1n) is 6.87. The third-order valence-corrected chi connectivity index (χ3v) is 4.99. The van der Waals surface area contributed by atoms with Crippen molar-refractivity contribution in [1.82, 2.24) is 10.2 Å². The summed E-state index contributed by atoms with van der Waals surface area (Å²) in [5, 5.41) is 25.3. The Kier molecular flexibility index (Phi) is 4.72. The van der Waals surface area contributed by atoms with E-state index in [9.17, 15) is 14.9 Å². The SMILES string of the molecule is O=C(CSc1nnc(NC2CC2)s1)Nc1ccc([N+](=O)[O-])cc1. The van der Waals surface area contributed by atoms with Crippen LogP contribution in [0.4, 0.5) is 16.5 Å². The van der Waals surface area contributed by atoms with Crippen LogP contribution in [-0.2, 0) is 4.79 Å². The number of amides is 1. The predicted octanol–water partition coefficient (Wildman–Crippen LogP) is 2.75. The van der Waals surface area contributed by atoms with Crippen molar-refractivity contribution in [3.8, 4) is 0 Å². The number of hydrogen-bond acceptors (Lipinski definition) is 8. The summed E-state index contributed by atoms with van der Waals surface area (Å²) >= 11 is 2.74. The monoisotopic (exact) mass is 351 g/mol. The number of hydrogen-bond donors (Lipinski definition) is 2. The summed E-state index contributed by atoms with van der Waals surface area (Å²) in [7, 11) is 0. The molecule has 8 nitrogen and oxygen atoms in total. The van der Waals surface area contributed by atoms with Crippen LogP contribution in [0.5, 0.6) is 0 Å². The Balaban J connectivity index is 1.46. The van der Waals surface area contributed by atoms with E-state index in [2.05, 4.69) is 20.8 Å². The molecule has 1 saturated carbocycles. The van der Waals surface area contributed by atoms with E-state index in [4.69, 9.17) is 0 Å². The molecular formula is C13H13N5O3S2. The zero-order chi connectivity index (χ0) is 16.2. The van der Waals surface area contributed by atoms with Gasteiger partial charge in [-0.3, -0.25) is 14.9 Å². The van der Waals surface area contributed by atoms with E-state index in [1.54, 1.807) is 0 Å². The van der Waals surface area contributed by atoms with Gasteiger partial charge in [0.15, 0.2) is 4.34 Å². The second-order valence-corrected chi connectivity index (χ2v) is 7.13. The Hall–Kier alpha value is -2.20. The van der Waals surface area contributed by atoms with Gasteiger partial charge in [-0.1, -0.05) is 23.1 Å². The lowest BCUT2D eigenvalue weighted by Crippen LogP contribution is -2.13. The van der Waals surface area contributed by atoms with Crippen molar-refractivity contribution in [2.75, 3.05) is 16.4 Å².